The van der Waals surface area contributed by atoms with E-state index < -0.39 is 10.0 Å². The van der Waals surface area contributed by atoms with Crippen LogP contribution < -0.4 is 10.0 Å². The third-order valence-electron chi connectivity index (χ3n) is 3.55. The molecule has 0 aliphatic heterocycles. The highest BCUT2D eigenvalue weighted by Gasteiger charge is 2.14. The summed E-state index contributed by atoms with van der Waals surface area (Å²) < 4.78 is 26.1. The van der Waals surface area contributed by atoms with Crippen LogP contribution in [0, 0.1) is 6.92 Å². The number of nitrogens with one attached hydrogen (secondary N) is 2. The maximum atomic E-state index is 11.9. The van der Waals surface area contributed by atoms with E-state index in [0.29, 0.717) is 10.9 Å². The highest BCUT2D eigenvalue weighted by atomic mass is 32.2. The van der Waals surface area contributed by atoms with E-state index >= 15 is 0 Å². The molecule has 5 heteroatoms. The van der Waals surface area contributed by atoms with Crippen LogP contribution in [0.4, 0.5) is 5.69 Å². The van der Waals surface area contributed by atoms with Gasteiger partial charge in [-0.2, -0.15) is 0 Å². The summed E-state index contributed by atoms with van der Waals surface area (Å²) in [5.74, 6) is 0. The van der Waals surface area contributed by atoms with E-state index in [2.05, 4.69) is 23.9 Å². The highest BCUT2D eigenvalue weighted by molar-refractivity contribution is 7.89. The zero-order chi connectivity index (χ0) is 15.2. The molecule has 0 aromatic heterocycles. The molecule has 0 saturated heterocycles. The topological polar surface area (TPSA) is 58.2 Å². The summed E-state index contributed by atoms with van der Waals surface area (Å²) in [6.45, 7) is 6.32. The first-order valence-corrected chi connectivity index (χ1v) is 8.73. The van der Waals surface area contributed by atoms with Crippen LogP contribution in [0.25, 0.3) is 0 Å². The van der Waals surface area contributed by atoms with E-state index in [-0.39, 0.29) is 0 Å². The van der Waals surface area contributed by atoms with Gasteiger partial charge in [0.05, 0.1) is 4.90 Å². The van der Waals surface area contributed by atoms with Crippen molar-refractivity contribution in [1.29, 1.82) is 0 Å². The Morgan fingerprint density at radius 3 is 2.50 bits per heavy atom. The van der Waals surface area contributed by atoms with Crippen LogP contribution in [0.2, 0.25) is 0 Å². The number of rotatable bonds is 8. The van der Waals surface area contributed by atoms with Crippen LogP contribution in [0.1, 0.15) is 45.1 Å². The molecule has 1 aromatic carbocycles. The molecule has 0 spiro atoms. The zero-order valence-electron chi connectivity index (χ0n) is 12.9. The average Bonchev–Trinajstić information content (AvgIpc) is 2.45. The highest BCUT2D eigenvalue weighted by Crippen LogP contribution is 2.22. The minimum atomic E-state index is -3.39. The summed E-state index contributed by atoms with van der Waals surface area (Å²) in [7, 11) is -1.96. The largest absolute Gasteiger partial charge is 0.382 e. The molecule has 1 rings (SSSR count). The molecule has 0 amide bonds. The molecule has 0 fully saturated rings. The second-order valence-electron chi connectivity index (χ2n) is 5.08. The van der Waals surface area contributed by atoms with E-state index in [0.717, 1.165) is 24.1 Å². The second kappa shape index (κ2) is 7.64. The predicted molar refractivity (Wildman–Crippen MR) is 84.7 cm³/mol. The van der Waals surface area contributed by atoms with Gasteiger partial charge in [-0.05, 0) is 44.5 Å². The summed E-state index contributed by atoms with van der Waals surface area (Å²) in [5.41, 5.74) is 1.97. The number of unbranched alkanes of at least 4 members (excludes halogenated alkanes) is 1. The maximum Gasteiger partial charge on any atom is 0.240 e. The Kier molecular flexibility index (Phi) is 6.49. The molecule has 1 atom stereocenters. The third-order valence-corrected chi connectivity index (χ3v) is 4.96. The lowest BCUT2D eigenvalue weighted by Gasteiger charge is -2.20. The quantitative estimate of drug-likeness (QED) is 0.774. The van der Waals surface area contributed by atoms with Crippen molar-refractivity contribution in [3.8, 4) is 0 Å². The molecule has 20 heavy (non-hydrogen) atoms. The zero-order valence-corrected chi connectivity index (χ0v) is 13.7. The lowest BCUT2D eigenvalue weighted by atomic mass is 10.1. The van der Waals surface area contributed by atoms with Crippen molar-refractivity contribution < 1.29 is 8.42 Å². The Hall–Kier alpha value is -1.07. The van der Waals surface area contributed by atoms with E-state index in [1.165, 1.54) is 19.9 Å². The molecule has 2 N–H and O–H groups in total. The average molecular weight is 298 g/mol. The molecule has 0 heterocycles. The molecule has 0 bridgehead atoms. The first kappa shape index (κ1) is 17.0. The number of hydrogen-bond acceptors (Lipinski definition) is 3. The van der Waals surface area contributed by atoms with Gasteiger partial charge in [0.25, 0.3) is 0 Å². The third kappa shape index (κ3) is 4.49. The Balaban J connectivity index is 2.97. The molecule has 0 aliphatic rings. The van der Waals surface area contributed by atoms with Crippen molar-refractivity contribution in [3.05, 3.63) is 23.8 Å². The predicted octanol–water partition coefficient (Wildman–Crippen LogP) is 3.28. The molecule has 0 radical (unpaired) electrons. The molecular weight excluding hydrogens is 272 g/mol. The monoisotopic (exact) mass is 298 g/mol. The number of hydrogen-bond donors (Lipinski definition) is 2. The van der Waals surface area contributed by atoms with E-state index in [9.17, 15) is 8.42 Å². The fourth-order valence-corrected chi connectivity index (χ4v) is 2.85. The first-order chi connectivity index (χ1) is 9.44. The van der Waals surface area contributed by atoms with E-state index in [4.69, 9.17) is 0 Å². The van der Waals surface area contributed by atoms with Crippen LogP contribution in [0.3, 0.4) is 0 Å². The van der Waals surface area contributed by atoms with Gasteiger partial charge in [0, 0.05) is 11.7 Å². The van der Waals surface area contributed by atoms with Crippen molar-refractivity contribution in [2.24, 2.45) is 0 Å². The van der Waals surface area contributed by atoms with E-state index in [1.807, 2.05) is 13.0 Å². The lowest BCUT2D eigenvalue weighted by molar-refractivity contribution is 0.587. The molecule has 1 unspecified atom stereocenters. The lowest BCUT2D eigenvalue weighted by Crippen LogP contribution is -2.21. The normalized spacial score (nSPS) is 13.2. The van der Waals surface area contributed by atoms with Gasteiger partial charge in [-0.1, -0.05) is 32.8 Å². The van der Waals surface area contributed by atoms with Gasteiger partial charge in [-0.25, -0.2) is 13.1 Å². The number of benzene rings is 1. The van der Waals surface area contributed by atoms with Crippen molar-refractivity contribution in [2.75, 3.05) is 12.4 Å². The summed E-state index contributed by atoms with van der Waals surface area (Å²) in [5, 5.41) is 3.48. The van der Waals surface area contributed by atoms with Gasteiger partial charge in [0.15, 0.2) is 0 Å². The van der Waals surface area contributed by atoms with Crippen LogP contribution in [0.5, 0.6) is 0 Å². The number of sulfonamides is 1. The van der Waals surface area contributed by atoms with Gasteiger partial charge in [-0.3, -0.25) is 0 Å². The summed E-state index contributed by atoms with van der Waals surface area (Å²) in [6, 6.07) is 5.59. The number of anilines is 1. The van der Waals surface area contributed by atoms with Crippen molar-refractivity contribution in [2.45, 2.75) is 57.4 Å². The summed E-state index contributed by atoms with van der Waals surface area (Å²) in [4.78, 5) is 0.304. The van der Waals surface area contributed by atoms with Crippen LogP contribution in [-0.4, -0.2) is 21.5 Å². The Labute approximate surface area is 123 Å². The summed E-state index contributed by atoms with van der Waals surface area (Å²) in [6.07, 6.45) is 4.49. The standard InChI is InChI=1S/C15H26N2O2S/c1-5-7-8-13(6-2)17-15-11-14(10-9-12(15)3)20(18,19)16-4/h9-11,13,16-17H,5-8H2,1-4H3. The molecule has 0 saturated carbocycles. The molecule has 0 aliphatic carbocycles. The van der Waals surface area contributed by atoms with Crippen LogP contribution >= 0.6 is 0 Å². The molecule has 4 nitrogen and oxygen atoms in total. The minimum Gasteiger partial charge on any atom is -0.382 e. The van der Waals surface area contributed by atoms with Gasteiger partial charge >= 0.3 is 0 Å². The smallest absolute Gasteiger partial charge is 0.240 e. The molecule has 114 valence electrons. The fraction of sp³-hybridized carbons (Fsp3) is 0.600. The van der Waals surface area contributed by atoms with Crippen LogP contribution in [-0.2, 0) is 10.0 Å². The van der Waals surface area contributed by atoms with Gasteiger partial charge < -0.3 is 5.32 Å². The number of aryl methyl sites for hydroxylation is 1. The van der Waals surface area contributed by atoms with Crippen LogP contribution in [0.15, 0.2) is 23.1 Å². The second-order valence-corrected chi connectivity index (χ2v) is 6.96. The van der Waals surface area contributed by atoms with Crippen molar-refractivity contribution >= 4 is 15.7 Å². The fourth-order valence-electron chi connectivity index (χ4n) is 2.09. The molecule has 1 aromatic rings. The SMILES string of the molecule is CCCCC(CC)Nc1cc(S(=O)(=O)NC)ccc1C. The Morgan fingerprint density at radius 1 is 1.25 bits per heavy atom. The first-order valence-electron chi connectivity index (χ1n) is 7.25. The van der Waals surface area contributed by atoms with Gasteiger partial charge in [-0.15, -0.1) is 0 Å². The molecular formula is C15H26N2O2S. The maximum absolute atomic E-state index is 11.9. The van der Waals surface area contributed by atoms with Gasteiger partial charge in [0.2, 0.25) is 10.0 Å². The summed E-state index contributed by atoms with van der Waals surface area (Å²) >= 11 is 0. The van der Waals surface area contributed by atoms with E-state index in [1.54, 1.807) is 12.1 Å². The van der Waals surface area contributed by atoms with Crippen molar-refractivity contribution in [3.63, 3.8) is 0 Å². The minimum absolute atomic E-state index is 0.304. The Bertz CT molecular complexity index is 527. The Morgan fingerprint density at radius 2 is 1.95 bits per heavy atom. The van der Waals surface area contributed by atoms with Gasteiger partial charge in [0.1, 0.15) is 0 Å². The van der Waals surface area contributed by atoms with Crippen molar-refractivity contribution in [1.82, 2.24) is 4.72 Å².